The lowest BCUT2D eigenvalue weighted by Gasteiger charge is -2.25. The molecule has 1 atom stereocenters. The highest BCUT2D eigenvalue weighted by molar-refractivity contribution is 6.34. The average Bonchev–Trinajstić information content (AvgIpc) is 2.34. The molecule has 19 heavy (non-hydrogen) atoms. The Morgan fingerprint density at radius 3 is 2.53 bits per heavy atom. The molecule has 1 aromatic rings. The number of hydrogen-bond donors (Lipinski definition) is 2. The zero-order chi connectivity index (χ0) is 14.6. The average molecular weight is 285 g/mol. The van der Waals surface area contributed by atoms with E-state index < -0.39 is 17.8 Å². The number of carbonyl (C=O) groups is 2. The van der Waals surface area contributed by atoms with E-state index in [-0.39, 0.29) is 10.6 Å². The fourth-order valence-corrected chi connectivity index (χ4v) is 1.99. The molecular weight excluding hydrogens is 268 g/mol. The molecule has 1 unspecified atom stereocenters. The van der Waals surface area contributed by atoms with Gasteiger partial charge in [0.2, 0.25) is 5.91 Å². The number of primary amides is 1. The van der Waals surface area contributed by atoms with Gasteiger partial charge >= 0.3 is 5.97 Å². The van der Waals surface area contributed by atoms with Gasteiger partial charge in [-0.15, -0.1) is 0 Å². The topological polar surface area (TPSA) is 83.6 Å². The van der Waals surface area contributed by atoms with Crippen molar-refractivity contribution in [3.63, 3.8) is 0 Å². The SMILES string of the molecule is CCN(CC(C)C(=O)O)c1ccc(C(N)=O)c(Cl)c1. The van der Waals surface area contributed by atoms with E-state index in [2.05, 4.69) is 0 Å². The molecule has 6 heteroatoms. The molecular formula is C13H17ClN2O3. The number of carboxylic acids is 1. The maximum absolute atomic E-state index is 11.1. The number of nitrogens with two attached hydrogens (primary N) is 1. The summed E-state index contributed by atoms with van der Waals surface area (Å²) in [6, 6.07) is 4.89. The maximum atomic E-state index is 11.1. The first-order chi connectivity index (χ1) is 8.86. The first-order valence-electron chi connectivity index (χ1n) is 5.93. The number of carbonyl (C=O) groups excluding carboxylic acids is 1. The second kappa shape index (κ2) is 6.43. The Balaban J connectivity index is 2.96. The summed E-state index contributed by atoms with van der Waals surface area (Å²) in [6.07, 6.45) is 0. The Kier molecular flexibility index (Phi) is 5.18. The second-order valence-electron chi connectivity index (χ2n) is 4.31. The van der Waals surface area contributed by atoms with Crippen LogP contribution >= 0.6 is 11.6 Å². The lowest BCUT2D eigenvalue weighted by Crippen LogP contribution is -2.31. The van der Waals surface area contributed by atoms with Crippen molar-refractivity contribution in [3.05, 3.63) is 28.8 Å². The Morgan fingerprint density at radius 2 is 2.11 bits per heavy atom. The number of anilines is 1. The molecule has 0 saturated heterocycles. The van der Waals surface area contributed by atoms with Crippen molar-refractivity contribution in [1.82, 2.24) is 0 Å². The zero-order valence-corrected chi connectivity index (χ0v) is 11.6. The number of carboxylic acid groups (broad SMARTS) is 1. The van der Waals surface area contributed by atoms with Crippen LogP contribution in [0.2, 0.25) is 5.02 Å². The number of aliphatic carboxylic acids is 1. The summed E-state index contributed by atoms with van der Waals surface area (Å²) >= 11 is 5.98. The molecule has 0 aliphatic heterocycles. The van der Waals surface area contributed by atoms with Crippen molar-refractivity contribution in [2.75, 3.05) is 18.0 Å². The third-order valence-electron chi connectivity index (χ3n) is 2.88. The van der Waals surface area contributed by atoms with Crippen molar-refractivity contribution in [1.29, 1.82) is 0 Å². The summed E-state index contributed by atoms with van der Waals surface area (Å²) < 4.78 is 0. The molecule has 0 saturated carbocycles. The molecule has 0 fully saturated rings. The highest BCUT2D eigenvalue weighted by Crippen LogP contribution is 2.24. The van der Waals surface area contributed by atoms with Gasteiger partial charge in [0.25, 0.3) is 0 Å². The van der Waals surface area contributed by atoms with Crippen molar-refractivity contribution in [2.45, 2.75) is 13.8 Å². The van der Waals surface area contributed by atoms with E-state index in [4.69, 9.17) is 22.4 Å². The van der Waals surface area contributed by atoms with Gasteiger partial charge in [0.1, 0.15) is 0 Å². The summed E-state index contributed by atoms with van der Waals surface area (Å²) in [6.45, 7) is 4.58. The van der Waals surface area contributed by atoms with E-state index in [1.165, 1.54) is 0 Å². The largest absolute Gasteiger partial charge is 0.481 e. The minimum Gasteiger partial charge on any atom is -0.481 e. The van der Waals surface area contributed by atoms with E-state index in [0.29, 0.717) is 13.1 Å². The van der Waals surface area contributed by atoms with Gasteiger partial charge in [-0.2, -0.15) is 0 Å². The second-order valence-corrected chi connectivity index (χ2v) is 4.71. The van der Waals surface area contributed by atoms with Crippen molar-refractivity contribution < 1.29 is 14.7 Å². The normalized spacial score (nSPS) is 11.9. The molecule has 1 aromatic carbocycles. The molecule has 0 heterocycles. The van der Waals surface area contributed by atoms with Crippen molar-refractivity contribution >= 4 is 29.2 Å². The van der Waals surface area contributed by atoms with Gasteiger partial charge in [-0.05, 0) is 25.1 Å². The summed E-state index contributed by atoms with van der Waals surface area (Å²) in [5.41, 5.74) is 6.21. The zero-order valence-electron chi connectivity index (χ0n) is 10.9. The van der Waals surface area contributed by atoms with Gasteiger partial charge in [0, 0.05) is 18.8 Å². The van der Waals surface area contributed by atoms with Crippen LogP contribution in [0, 0.1) is 5.92 Å². The molecule has 0 radical (unpaired) electrons. The molecule has 0 bridgehead atoms. The van der Waals surface area contributed by atoms with Crippen LogP contribution < -0.4 is 10.6 Å². The highest BCUT2D eigenvalue weighted by atomic mass is 35.5. The Hall–Kier alpha value is -1.75. The number of halogens is 1. The number of rotatable bonds is 6. The Morgan fingerprint density at radius 1 is 1.47 bits per heavy atom. The number of amides is 1. The number of nitrogens with zero attached hydrogens (tertiary/aromatic N) is 1. The Labute approximate surface area is 117 Å². The van der Waals surface area contributed by atoms with Crippen LogP contribution in [0.5, 0.6) is 0 Å². The van der Waals surface area contributed by atoms with E-state index in [1.807, 2.05) is 11.8 Å². The van der Waals surface area contributed by atoms with Gasteiger partial charge in [-0.1, -0.05) is 18.5 Å². The van der Waals surface area contributed by atoms with Gasteiger partial charge in [0.05, 0.1) is 16.5 Å². The van der Waals surface area contributed by atoms with Crippen LogP contribution in [0.25, 0.3) is 0 Å². The van der Waals surface area contributed by atoms with Gasteiger partial charge < -0.3 is 15.7 Å². The van der Waals surface area contributed by atoms with Crippen LogP contribution in [0.15, 0.2) is 18.2 Å². The van der Waals surface area contributed by atoms with Gasteiger partial charge in [0.15, 0.2) is 0 Å². The molecule has 0 aromatic heterocycles. The van der Waals surface area contributed by atoms with Crippen LogP contribution in [-0.4, -0.2) is 30.1 Å². The van der Waals surface area contributed by atoms with E-state index >= 15 is 0 Å². The lowest BCUT2D eigenvalue weighted by molar-refractivity contribution is -0.140. The first kappa shape index (κ1) is 15.3. The fraction of sp³-hybridized carbons (Fsp3) is 0.385. The summed E-state index contributed by atoms with van der Waals surface area (Å²) in [7, 11) is 0. The standard InChI is InChI=1S/C13H17ClN2O3/c1-3-16(7-8(2)13(18)19)9-4-5-10(12(15)17)11(14)6-9/h4-6,8H,3,7H2,1-2H3,(H2,15,17)(H,18,19). The summed E-state index contributed by atoms with van der Waals surface area (Å²) in [4.78, 5) is 23.8. The third kappa shape index (κ3) is 3.86. The molecule has 1 rings (SSSR count). The monoisotopic (exact) mass is 284 g/mol. The van der Waals surface area contributed by atoms with Crippen LogP contribution in [0.1, 0.15) is 24.2 Å². The van der Waals surface area contributed by atoms with Crippen LogP contribution in [-0.2, 0) is 4.79 Å². The Bertz CT molecular complexity index is 491. The van der Waals surface area contributed by atoms with Gasteiger partial charge in [-0.3, -0.25) is 9.59 Å². The smallest absolute Gasteiger partial charge is 0.308 e. The quantitative estimate of drug-likeness (QED) is 0.837. The predicted octanol–water partition coefficient (Wildman–Crippen LogP) is 1.99. The third-order valence-corrected chi connectivity index (χ3v) is 3.19. The minimum atomic E-state index is -0.849. The van der Waals surface area contributed by atoms with Crippen LogP contribution in [0.4, 0.5) is 5.69 Å². The first-order valence-corrected chi connectivity index (χ1v) is 6.31. The number of benzene rings is 1. The molecule has 1 amide bonds. The molecule has 0 spiro atoms. The predicted molar refractivity (Wildman–Crippen MR) is 74.7 cm³/mol. The molecule has 3 N–H and O–H groups in total. The number of hydrogen-bond acceptors (Lipinski definition) is 3. The van der Waals surface area contributed by atoms with E-state index in [0.717, 1.165) is 5.69 Å². The minimum absolute atomic E-state index is 0.257. The lowest BCUT2D eigenvalue weighted by atomic mass is 10.1. The van der Waals surface area contributed by atoms with E-state index in [1.54, 1.807) is 25.1 Å². The molecule has 104 valence electrons. The van der Waals surface area contributed by atoms with Gasteiger partial charge in [-0.25, -0.2) is 0 Å². The van der Waals surface area contributed by atoms with Crippen molar-refractivity contribution in [2.24, 2.45) is 11.7 Å². The fourth-order valence-electron chi connectivity index (χ4n) is 1.73. The highest BCUT2D eigenvalue weighted by Gasteiger charge is 2.17. The van der Waals surface area contributed by atoms with E-state index in [9.17, 15) is 9.59 Å². The molecule has 0 aliphatic carbocycles. The molecule has 0 aliphatic rings. The van der Waals surface area contributed by atoms with Crippen LogP contribution in [0.3, 0.4) is 0 Å². The summed E-state index contributed by atoms with van der Waals surface area (Å²) in [5.74, 6) is -1.92. The summed E-state index contributed by atoms with van der Waals surface area (Å²) in [5, 5.41) is 9.20. The molecule has 5 nitrogen and oxygen atoms in total. The maximum Gasteiger partial charge on any atom is 0.308 e. The van der Waals surface area contributed by atoms with Crippen molar-refractivity contribution in [3.8, 4) is 0 Å².